The monoisotopic (exact) mass is 202 g/mol. The van der Waals surface area contributed by atoms with Gasteiger partial charge < -0.3 is 31.0 Å². The van der Waals surface area contributed by atoms with Crippen molar-refractivity contribution in [2.75, 3.05) is 0 Å². The molecule has 0 saturated carbocycles. The molecule has 7 heteroatoms. The second-order valence-electron chi connectivity index (χ2n) is 1.84. The normalized spacial score (nSPS) is 10.4. The van der Waals surface area contributed by atoms with Gasteiger partial charge in [-0.1, -0.05) is 0 Å². The molecule has 1 atom stereocenters. The molecule has 0 rings (SSSR count). The minimum Gasteiger partial charge on any atom is -0.550 e. The maximum absolute atomic E-state index is 9.86. The van der Waals surface area contributed by atoms with Crippen LogP contribution in [0.4, 0.5) is 0 Å². The van der Waals surface area contributed by atoms with Crippen molar-refractivity contribution in [1.82, 2.24) is 0 Å². The summed E-state index contributed by atoms with van der Waals surface area (Å²) in [5.41, 5.74) is 4.91. The molecule has 12 heavy (non-hydrogen) atoms. The predicted molar refractivity (Wildman–Crippen MR) is 30.8 cm³/mol. The molecule has 0 heterocycles. The average molecular weight is 202 g/mol. The molecule has 66 valence electrons. The van der Waals surface area contributed by atoms with Crippen molar-refractivity contribution in [2.24, 2.45) is 5.73 Å². The summed E-state index contributed by atoms with van der Waals surface area (Å²) in [4.78, 5) is 19.6. The van der Waals surface area contributed by atoms with E-state index >= 15 is 0 Å². The number of carbonyl (C=O) groups excluding carboxylic acids is 2. The van der Waals surface area contributed by atoms with E-state index in [0.29, 0.717) is 0 Å². The molecular formula is C5H9KNO5-. The van der Waals surface area contributed by atoms with Gasteiger partial charge in [-0.25, -0.2) is 0 Å². The Morgan fingerprint density at radius 1 is 1.33 bits per heavy atom. The number of hydrogen-bond donors (Lipinski definition) is 1. The Kier molecular flexibility index (Phi) is 14.6. The number of rotatable bonds is 4. The fraction of sp³-hybridized carbons (Fsp3) is 0.600. The van der Waals surface area contributed by atoms with Gasteiger partial charge in [-0.2, -0.15) is 0 Å². The van der Waals surface area contributed by atoms with Gasteiger partial charge in [0.25, 0.3) is 0 Å². The summed E-state index contributed by atoms with van der Waals surface area (Å²) in [5, 5.41) is 19.6. The van der Waals surface area contributed by atoms with Gasteiger partial charge in [0.1, 0.15) is 0 Å². The third kappa shape index (κ3) is 10.5. The van der Waals surface area contributed by atoms with Crippen LogP contribution in [0.5, 0.6) is 0 Å². The standard InChI is InChI=1S/C5H9NO4.K.H2O/c6-3(5(9)10)1-2-4(7)8;;/h3H,1-2,6H2,(H,7,8)(H,9,10);;1H2/q;+1;/p-2. The van der Waals surface area contributed by atoms with E-state index in [9.17, 15) is 19.8 Å². The summed E-state index contributed by atoms with van der Waals surface area (Å²) < 4.78 is 0. The van der Waals surface area contributed by atoms with E-state index in [4.69, 9.17) is 5.73 Å². The summed E-state index contributed by atoms with van der Waals surface area (Å²) in [5.74, 6) is -2.75. The van der Waals surface area contributed by atoms with Crippen molar-refractivity contribution in [3.8, 4) is 0 Å². The molecule has 4 N–H and O–H groups in total. The number of carboxylic acids is 2. The zero-order chi connectivity index (χ0) is 8.15. The second kappa shape index (κ2) is 9.58. The van der Waals surface area contributed by atoms with Crippen LogP contribution in [-0.4, -0.2) is 23.5 Å². The smallest absolute Gasteiger partial charge is 0.550 e. The van der Waals surface area contributed by atoms with E-state index in [1.165, 1.54) is 0 Å². The fourth-order valence-electron chi connectivity index (χ4n) is 0.391. The number of hydrogen-bond acceptors (Lipinski definition) is 5. The Balaban J connectivity index is -0.000000405. The van der Waals surface area contributed by atoms with Crippen LogP contribution >= 0.6 is 0 Å². The van der Waals surface area contributed by atoms with Gasteiger partial charge in [0.15, 0.2) is 0 Å². The summed E-state index contributed by atoms with van der Waals surface area (Å²) in [6.07, 6.45) is -0.500. The molecule has 0 bridgehead atoms. The molecule has 0 aromatic rings. The average Bonchev–Trinajstić information content (AvgIpc) is 1.82. The Hall–Kier alpha value is 0.496. The van der Waals surface area contributed by atoms with Crippen molar-refractivity contribution >= 4 is 11.9 Å². The molecule has 0 aliphatic rings. The van der Waals surface area contributed by atoms with Crippen molar-refractivity contribution in [1.29, 1.82) is 0 Å². The van der Waals surface area contributed by atoms with E-state index in [1.807, 2.05) is 0 Å². The Morgan fingerprint density at radius 3 is 2.00 bits per heavy atom. The Bertz CT molecular complexity index is 151. The molecule has 0 amide bonds. The van der Waals surface area contributed by atoms with E-state index in [2.05, 4.69) is 0 Å². The van der Waals surface area contributed by atoms with E-state index < -0.39 is 18.0 Å². The summed E-state index contributed by atoms with van der Waals surface area (Å²) >= 11 is 0. The second-order valence-corrected chi connectivity index (χ2v) is 1.84. The van der Waals surface area contributed by atoms with Crippen molar-refractivity contribution < 1.29 is 76.7 Å². The SMILES string of the molecule is NC(CCC(=O)[O-])C(=O)[O-].O.[K+]. The van der Waals surface area contributed by atoms with Crippen LogP contribution in [-0.2, 0) is 9.59 Å². The van der Waals surface area contributed by atoms with Crippen LogP contribution in [0, 0.1) is 0 Å². The van der Waals surface area contributed by atoms with Gasteiger partial charge in [-0.05, 0) is 12.8 Å². The summed E-state index contributed by atoms with van der Waals surface area (Å²) in [7, 11) is 0. The van der Waals surface area contributed by atoms with Crippen molar-refractivity contribution in [3.63, 3.8) is 0 Å². The van der Waals surface area contributed by atoms with Gasteiger partial charge in [-0.15, -0.1) is 0 Å². The molecule has 0 radical (unpaired) electrons. The quantitative estimate of drug-likeness (QED) is 0.451. The summed E-state index contributed by atoms with van der Waals surface area (Å²) in [6, 6.07) is -1.21. The first kappa shape index (κ1) is 18.3. The minimum atomic E-state index is -1.44. The largest absolute Gasteiger partial charge is 1.00 e. The minimum absolute atomic E-state index is 0. The molecule has 0 aromatic carbocycles. The zero-order valence-corrected chi connectivity index (χ0v) is 9.83. The van der Waals surface area contributed by atoms with Gasteiger partial charge in [-0.3, -0.25) is 0 Å². The van der Waals surface area contributed by atoms with Crippen LogP contribution in [0.2, 0.25) is 0 Å². The van der Waals surface area contributed by atoms with Crippen molar-refractivity contribution in [3.05, 3.63) is 0 Å². The van der Waals surface area contributed by atoms with Crippen LogP contribution in [0.15, 0.2) is 0 Å². The van der Waals surface area contributed by atoms with Crippen LogP contribution in [0.25, 0.3) is 0 Å². The van der Waals surface area contributed by atoms with Crippen molar-refractivity contribution in [2.45, 2.75) is 18.9 Å². The molecular weight excluding hydrogens is 193 g/mol. The molecule has 0 aliphatic heterocycles. The molecule has 6 nitrogen and oxygen atoms in total. The maximum atomic E-state index is 9.86. The predicted octanol–water partition coefficient (Wildman–Crippen LogP) is -7.23. The van der Waals surface area contributed by atoms with E-state index in [0.717, 1.165) is 0 Å². The maximum Gasteiger partial charge on any atom is 1.00 e. The van der Waals surface area contributed by atoms with Gasteiger partial charge in [0.2, 0.25) is 0 Å². The number of aliphatic carboxylic acids is 2. The molecule has 1 unspecified atom stereocenters. The number of carbonyl (C=O) groups is 2. The summed E-state index contributed by atoms with van der Waals surface area (Å²) in [6.45, 7) is 0. The zero-order valence-electron chi connectivity index (χ0n) is 6.70. The van der Waals surface area contributed by atoms with E-state index in [-0.39, 0.29) is 69.7 Å². The van der Waals surface area contributed by atoms with Crippen LogP contribution in [0.3, 0.4) is 0 Å². The Morgan fingerprint density at radius 2 is 1.75 bits per heavy atom. The van der Waals surface area contributed by atoms with Crippen LogP contribution in [0.1, 0.15) is 12.8 Å². The molecule has 0 saturated heterocycles. The van der Waals surface area contributed by atoms with E-state index in [1.54, 1.807) is 0 Å². The van der Waals surface area contributed by atoms with Gasteiger partial charge >= 0.3 is 51.4 Å². The first-order chi connectivity index (χ1) is 4.54. The third-order valence-corrected chi connectivity index (χ3v) is 0.962. The Labute approximate surface area is 112 Å². The molecule has 0 aromatic heterocycles. The molecule has 0 aliphatic carbocycles. The number of nitrogens with two attached hydrogens (primary N) is 1. The third-order valence-electron chi connectivity index (χ3n) is 0.962. The van der Waals surface area contributed by atoms with Gasteiger partial charge in [0, 0.05) is 12.0 Å². The first-order valence-electron chi connectivity index (χ1n) is 2.70. The van der Waals surface area contributed by atoms with Gasteiger partial charge in [0.05, 0.1) is 5.97 Å². The number of carboxylic acid groups (broad SMARTS) is 2. The first-order valence-corrected chi connectivity index (χ1v) is 2.70. The molecule has 0 fully saturated rings. The van der Waals surface area contributed by atoms with Crippen LogP contribution < -0.4 is 67.3 Å². The molecule has 0 spiro atoms. The fourth-order valence-corrected chi connectivity index (χ4v) is 0.391. The topological polar surface area (TPSA) is 138 Å².